The summed E-state index contributed by atoms with van der Waals surface area (Å²) in [5.74, 6) is 1.04. The summed E-state index contributed by atoms with van der Waals surface area (Å²) in [5.41, 5.74) is 1.13. The lowest BCUT2D eigenvalue weighted by Gasteiger charge is -2.30. The minimum Gasteiger partial charge on any atom is -0.380 e. The molecule has 130 valence electrons. The number of hydrogen-bond acceptors (Lipinski definition) is 9. The molecular weight excluding hydrogens is 435 g/mol. The fourth-order valence-corrected chi connectivity index (χ4v) is 2.81. The molecular formula is C15H17IN8O. The summed E-state index contributed by atoms with van der Waals surface area (Å²) < 4.78 is 6.53. The first-order valence-corrected chi connectivity index (χ1v) is 8.78. The number of ether oxygens (including phenoxy) is 1. The van der Waals surface area contributed by atoms with Crippen molar-refractivity contribution in [2.45, 2.75) is 6.10 Å². The van der Waals surface area contributed by atoms with Crippen molar-refractivity contribution in [2.75, 3.05) is 43.9 Å². The van der Waals surface area contributed by atoms with Crippen molar-refractivity contribution in [3.63, 3.8) is 0 Å². The predicted molar refractivity (Wildman–Crippen MR) is 101 cm³/mol. The van der Waals surface area contributed by atoms with Crippen LogP contribution in [0.15, 0.2) is 18.5 Å². The molecule has 0 bridgehead atoms. The molecule has 0 unspecified atom stereocenters. The van der Waals surface area contributed by atoms with E-state index in [1.165, 1.54) is 12.4 Å². The van der Waals surface area contributed by atoms with Crippen molar-refractivity contribution in [3.8, 4) is 6.07 Å². The molecule has 1 aliphatic heterocycles. The Kier molecular flexibility index (Phi) is 5.90. The molecule has 2 N–H and O–H groups in total. The van der Waals surface area contributed by atoms with E-state index in [1.807, 2.05) is 12.1 Å². The molecule has 25 heavy (non-hydrogen) atoms. The molecule has 0 aromatic carbocycles. The highest BCUT2D eigenvalue weighted by molar-refractivity contribution is 14.1. The Morgan fingerprint density at radius 2 is 2.24 bits per heavy atom. The molecule has 3 rings (SSSR count). The van der Waals surface area contributed by atoms with Crippen molar-refractivity contribution in [3.05, 3.63) is 27.9 Å². The third-order valence-electron chi connectivity index (χ3n) is 3.63. The van der Waals surface area contributed by atoms with Crippen LogP contribution in [0.5, 0.6) is 0 Å². The van der Waals surface area contributed by atoms with Gasteiger partial charge in [0.2, 0.25) is 0 Å². The van der Waals surface area contributed by atoms with Crippen LogP contribution in [0.25, 0.3) is 0 Å². The van der Waals surface area contributed by atoms with E-state index in [0.717, 1.165) is 29.1 Å². The van der Waals surface area contributed by atoms with E-state index >= 15 is 0 Å². The first-order valence-electron chi connectivity index (χ1n) is 7.70. The molecule has 3 heterocycles. The first kappa shape index (κ1) is 17.7. The molecule has 1 atom stereocenters. The standard InChI is InChI=1S/C15H17IN8O/c1-24-2-3-25-11(9-24)7-19-12-4-13(22-23-15(12)16)21-14-8-18-10(5-17)6-20-14/h4,6,8,11H,2-3,7,9H2,1H3,(H2,19,20,21,22)/t11-/m1/s1. The van der Waals surface area contributed by atoms with Gasteiger partial charge in [0.15, 0.2) is 11.5 Å². The van der Waals surface area contributed by atoms with E-state index in [4.69, 9.17) is 10.00 Å². The number of aromatic nitrogens is 4. The van der Waals surface area contributed by atoms with Gasteiger partial charge in [-0.1, -0.05) is 0 Å². The van der Waals surface area contributed by atoms with Crippen LogP contribution in [0.3, 0.4) is 0 Å². The van der Waals surface area contributed by atoms with Crippen molar-refractivity contribution in [1.29, 1.82) is 5.26 Å². The van der Waals surface area contributed by atoms with Gasteiger partial charge in [-0.25, -0.2) is 9.97 Å². The number of anilines is 3. The summed E-state index contributed by atoms with van der Waals surface area (Å²) >= 11 is 2.14. The average molecular weight is 452 g/mol. The van der Waals surface area contributed by atoms with Gasteiger partial charge in [0.25, 0.3) is 0 Å². The number of morpholine rings is 1. The molecule has 1 fully saturated rings. The molecule has 2 aromatic heterocycles. The van der Waals surface area contributed by atoms with Crippen LogP contribution in [-0.2, 0) is 4.74 Å². The number of likely N-dealkylation sites (N-methyl/N-ethyl adjacent to an activating group) is 1. The zero-order valence-electron chi connectivity index (χ0n) is 13.6. The number of rotatable bonds is 5. The van der Waals surface area contributed by atoms with Gasteiger partial charge in [0.05, 0.1) is 30.8 Å². The predicted octanol–water partition coefficient (Wildman–Crippen LogP) is 1.23. The van der Waals surface area contributed by atoms with E-state index in [2.05, 4.69) is 65.3 Å². The zero-order valence-corrected chi connectivity index (χ0v) is 15.8. The third-order valence-corrected chi connectivity index (χ3v) is 4.43. The van der Waals surface area contributed by atoms with E-state index in [9.17, 15) is 0 Å². The van der Waals surface area contributed by atoms with Crippen LogP contribution in [0.4, 0.5) is 17.3 Å². The monoisotopic (exact) mass is 452 g/mol. The van der Waals surface area contributed by atoms with Crippen LogP contribution in [0, 0.1) is 15.0 Å². The minimum atomic E-state index is 0.142. The SMILES string of the molecule is CN1CCO[C@H](CNc2cc(Nc3cnc(C#N)cn3)nnc2I)C1. The van der Waals surface area contributed by atoms with E-state index < -0.39 is 0 Å². The highest BCUT2D eigenvalue weighted by Gasteiger charge is 2.18. The molecule has 9 nitrogen and oxygen atoms in total. The fraction of sp³-hybridized carbons (Fsp3) is 0.400. The maximum absolute atomic E-state index is 8.75. The van der Waals surface area contributed by atoms with Crippen LogP contribution in [-0.4, -0.2) is 64.5 Å². The lowest BCUT2D eigenvalue weighted by atomic mass is 10.2. The molecule has 0 spiro atoms. The summed E-state index contributed by atoms with van der Waals surface area (Å²) in [6, 6.07) is 3.79. The molecule has 2 aromatic rings. The van der Waals surface area contributed by atoms with Gasteiger partial charge in [-0.15, -0.1) is 10.2 Å². The normalized spacial score (nSPS) is 17.7. The molecule has 0 saturated carbocycles. The molecule has 1 aliphatic rings. The van der Waals surface area contributed by atoms with Crippen molar-refractivity contribution < 1.29 is 4.74 Å². The van der Waals surface area contributed by atoms with Crippen LogP contribution >= 0.6 is 22.6 Å². The first-order chi connectivity index (χ1) is 12.1. The number of nitrogens with zero attached hydrogens (tertiary/aromatic N) is 6. The minimum absolute atomic E-state index is 0.142. The van der Waals surface area contributed by atoms with Crippen molar-refractivity contribution in [1.82, 2.24) is 25.1 Å². The fourth-order valence-electron chi connectivity index (χ4n) is 2.36. The summed E-state index contributed by atoms with van der Waals surface area (Å²) in [4.78, 5) is 10.3. The van der Waals surface area contributed by atoms with E-state index in [-0.39, 0.29) is 11.8 Å². The Hall–Kier alpha value is -2.10. The summed E-state index contributed by atoms with van der Waals surface area (Å²) in [6.07, 6.45) is 3.03. The Morgan fingerprint density at radius 1 is 1.36 bits per heavy atom. The largest absolute Gasteiger partial charge is 0.380 e. The number of nitrogens with one attached hydrogen (secondary N) is 2. The highest BCUT2D eigenvalue weighted by atomic mass is 127. The molecule has 0 amide bonds. The molecule has 0 radical (unpaired) electrons. The van der Waals surface area contributed by atoms with Gasteiger partial charge < -0.3 is 20.3 Å². The van der Waals surface area contributed by atoms with E-state index in [0.29, 0.717) is 18.2 Å². The van der Waals surface area contributed by atoms with Crippen LogP contribution in [0.1, 0.15) is 5.69 Å². The van der Waals surface area contributed by atoms with Crippen LogP contribution in [0.2, 0.25) is 0 Å². The topological polar surface area (TPSA) is 112 Å². The third kappa shape index (κ3) is 4.94. The number of hydrogen-bond donors (Lipinski definition) is 2. The highest BCUT2D eigenvalue weighted by Crippen LogP contribution is 2.20. The maximum Gasteiger partial charge on any atom is 0.158 e. The van der Waals surface area contributed by atoms with Gasteiger partial charge in [0, 0.05) is 25.7 Å². The maximum atomic E-state index is 8.75. The Labute approximate surface area is 159 Å². The zero-order chi connectivity index (χ0) is 17.6. The Balaban J connectivity index is 1.64. The second-order valence-electron chi connectivity index (χ2n) is 5.59. The quantitative estimate of drug-likeness (QED) is 0.647. The smallest absolute Gasteiger partial charge is 0.158 e. The Bertz CT molecular complexity index is 763. The summed E-state index contributed by atoms with van der Waals surface area (Å²) in [6.45, 7) is 3.30. The van der Waals surface area contributed by atoms with Gasteiger partial charge in [-0.2, -0.15) is 5.26 Å². The van der Waals surface area contributed by atoms with Crippen molar-refractivity contribution >= 4 is 39.9 Å². The van der Waals surface area contributed by atoms with E-state index in [1.54, 1.807) is 0 Å². The second-order valence-corrected chi connectivity index (χ2v) is 6.62. The van der Waals surface area contributed by atoms with Gasteiger partial charge in [-0.05, 0) is 29.6 Å². The van der Waals surface area contributed by atoms with Gasteiger partial charge in [-0.3, -0.25) is 0 Å². The van der Waals surface area contributed by atoms with Crippen LogP contribution < -0.4 is 10.6 Å². The lowest BCUT2D eigenvalue weighted by Crippen LogP contribution is -2.43. The lowest BCUT2D eigenvalue weighted by molar-refractivity contribution is -0.0117. The molecule has 10 heteroatoms. The average Bonchev–Trinajstić information content (AvgIpc) is 2.63. The number of nitriles is 1. The second kappa shape index (κ2) is 8.32. The van der Waals surface area contributed by atoms with Gasteiger partial charge >= 0.3 is 0 Å². The Morgan fingerprint density at radius 3 is 2.96 bits per heavy atom. The molecule has 1 saturated heterocycles. The van der Waals surface area contributed by atoms with Gasteiger partial charge in [0.1, 0.15) is 15.6 Å². The van der Waals surface area contributed by atoms with Crippen molar-refractivity contribution in [2.24, 2.45) is 0 Å². The summed E-state index contributed by atoms with van der Waals surface area (Å²) in [7, 11) is 2.09. The molecule has 0 aliphatic carbocycles. The summed E-state index contributed by atoms with van der Waals surface area (Å²) in [5, 5.41) is 23.4. The number of halogens is 1.